The first kappa shape index (κ1) is 16.6. The van der Waals surface area contributed by atoms with Crippen molar-refractivity contribution in [2.24, 2.45) is 0 Å². The van der Waals surface area contributed by atoms with E-state index in [0.29, 0.717) is 22.7 Å². The summed E-state index contributed by atoms with van der Waals surface area (Å²) in [5.74, 6) is -0.329. The Kier molecular flexibility index (Phi) is 4.08. The second-order valence-electron chi connectivity index (χ2n) is 6.77. The van der Waals surface area contributed by atoms with Gasteiger partial charge in [-0.25, -0.2) is 24.3 Å². The van der Waals surface area contributed by atoms with Crippen molar-refractivity contribution in [1.29, 1.82) is 0 Å². The molecule has 0 saturated carbocycles. The number of benzene rings is 2. The monoisotopic (exact) mass is 417 g/mol. The summed E-state index contributed by atoms with van der Waals surface area (Å²) in [5.41, 5.74) is 0.807. The third-order valence-corrected chi connectivity index (χ3v) is 4.94. The van der Waals surface area contributed by atoms with Crippen LogP contribution in [0.5, 0.6) is 0 Å². The number of nitrogens with zero attached hydrogens (tertiary/aromatic N) is 5. The predicted octanol–water partition coefficient (Wildman–Crippen LogP) is 3.75. The van der Waals surface area contributed by atoms with E-state index in [1.165, 1.54) is 42.3 Å². The lowest BCUT2D eigenvalue weighted by Gasteiger charge is -2.22. The number of aromatic nitrogens is 6. The Labute approximate surface area is 178 Å². The maximum Gasteiger partial charge on any atom is 0.269 e. The molecular weight excluding hydrogens is 397 g/mol. The van der Waals surface area contributed by atoms with Gasteiger partial charge >= 0.3 is 0 Å². The lowest BCUT2D eigenvalue weighted by Crippen LogP contribution is -2.28. The van der Waals surface area contributed by atoms with Gasteiger partial charge in [0.15, 0.2) is 11.5 Å². The molecule has 0 amide bonds. The minimum absolute atomic E-state index is 0.0723. The molecule has 9 heteroatoms. The van der Waals surface area contributed by atoms with Gasteiger partial charge in [-0.15, -0.1) is 0 Å². The van der Waals surface area contributed by atoms with Crippen molar-refractivity contribution in [2.75, 3.05) is 5.32 Å². The maximum atomic E-state index is 14.6. The molecule has 3 heterocycles. The van der Waals surface area contributed by atoms with E-state index in [4.69, 9.17) is 2.74 Å². The fraction of sp³-hybridized carbons (Fsp3) is 0.136. The molecule has 2 N–H and O–H groups in total. The van der Waals surface area contributed by atoms with E-state index in [9.17, 15) is 9.18 Å². The van der Waals surface area contributed by atoms with Crippen LogP contribution in [0, 0.1) is 5.82 Å². The van der Waals surface area contributed by atoms with E-state index in [1.807, 2.05) is 0 Å². The molecule has 5 rings (SSSR count). The molecule has 0 spiro atoms. The van der Waals surface area contributed by atoms with Crippen LogP contribution in [0.2, 0.25) is 0 Å². The Morgan fingerprint density at radius 3 is 2.81 bits per heavy atom. The number of halogens is 1. The molecule has 0 bridgehead atoms. The molecule has 2 aromatic carbocycles. The Morgan fingerprint density at radius 1 is 1.16 bits per heavy atom. The predicted molar refractivity (Wildman–Crippen MR) is 116 cm³/mol. The van der Waals surface area contributed by atoms with Gasteiger partial charge in [0, 0.05) is 2.74 Å². The van der Waals surface area contributed by atoms with Crippen LogP contribution in [0.15, 0.2) is 66.0 Å². The topological polar surface area (TPSA) is 101 Å². The molecule has 0 saturated heterocycles. The number of anilines is 1. The maximum absolute atomic E-state index is 14.6. The quantitative estimate of drug-likeness (QED) is 0.452. The Balaban J connectivity index is 1.80. The molecular formula is C22H18FN7O. The van der Waals surface area contributed by atoms with Crippen molar-refractivity contribution in [3.8, 4) is 5.69 Å². The zero-order valence-electron chi connectivity index (χ0n) is 18.4. The fourth-order valence-corrected chi connectivity index (χ4v) is 3.50. The lowest BCUT2D eigenvalue weighted by molar-refractivity contribution is 0.630. The molecule has 154 valence electrons. The largest absolute Gasteiger partial charge is 0.358 e. The van der Waals surface area contributed by atoms with E-state index in [1.54, 1.807) is 30.3 Å². The van der Waals surface area contributed by atoms with Gasteiger partial charge < -0.3 is 10.3 Å². The lowest BCUT2D eigenvalue weighted by atomic mass is 10.1. The summed E-state index contributed by atoms with van der Waals surface area (Å²) >= 11 is 0. The molecule has 5 aromatic rings. The van der Waals surface area contributed by atoms with Gasteiger partial charge in [0.25, 0.3) is 5.56 Å². The highest BCUT2D eigenvalue weighted by Gasteiger charge is 2.22. The minimum atomic E-state index is -1.91. The van der Waals surface area contributed by atoms with E-state index in [0.717, 1.165) is 0 Å². The number of imidazole rings is 1. The summed E-state index contributed by atoms with van der Waals surface area (Å²) in [6.07, 6.45) is 0.854. The van der Waals surface area contributed by atoms with Crippen LogP contribution in [0.4, 0.5) is 10.2 Å². The van der Waals surface area contributed by atoms with Gasteiger partial charge in [0.05, 0.1) is 23.6 Å². The highest BCUT2D eigenvalue weighted by molar-refractivity contribution is 5.82. The summed E-state index contributed by atoms with van der Waals surface area (Å²) in [6, 6.07) is 11.7. The average Bonchev–Trinajstić information content (AvgIpc) is 3.27. The molecule has 0 aliphatic heterocycles. The number of rotatable bonds is 5. The van der Waals surface area contributed by atoms with E-state index in [-0.39, 0.29) is 16.7 Å². The first-order valence-electron chi connectivity index (χ1n) is 10.5. The van der Waals surface area contributed by atoms with Crippen molar-refractivity contribution >= 4 is 27.9 Å². The first-order chi connectivity index (χ1) is 15.8. The highest BCUT2D eigenvalue weighted by Crippen LogP contribution is 2.26. The number of hydrogen-bond donors (Lipinski definition) is 2. The minimum Gasteiger partial charge on any atom is -0.358 e. The number of aromatic amines is 1. The standard InChI is InChI=1S/C22H18FN7O/c1-2-15(28-20-18-19(25-11-24-18)26-12-27-20)21-29-16-10-6-9-14(23)17(16)22(31)30(21)13-7-4-3-5-8-13/h3-12,15H,2H2,1H3,(H2,24,25,26,27,28)/t15-/m0/s1/i2D2. The van der Waals surface area contributed by atoms with E-state index >= 15 is 0 Å². The Bertz CT molecular complexity index is 1530. The Morgan fingerprint density at radius 2 is 2.00 bits per heavy atom. The van der Waals surface area contributed by atoms with Crippen molar-refractivity contribution < 1.29 is 7.13 Å². The molecule has 0 radical (unpaired) electrons. The molecule has 1 atom stereocenters. The zero-order valence-corrected chi connectivity index (χ0v) is 16.4. The SMILES string of the molecule is [2H]C([2H])(C)[C@H](Nc1ncnc2nc[nH]c12)c1nc2cccc(F)c2c(=O)n1-c1ccccc1. The van der Waals surface area contributed by atoms with Crippen LogP contribution in [0.25, 0.3) is 27.8 Å². The van der Waals surface area contributed by atoms with Gasteiger partial charge in [-0.2, -0.15) is 0 Å². The van der Waals surface area contributed by atoms with Crippen molar-refractivity contribution in [3.63, 3.8) is 0 Å². The summed E-state index contributed by atoms with van der Waals surface area (Å²) in [7, 11) is 0. The molecule has 0 unspecified atom stereocenters. The smallest absolute Gasteiger partial charge is 0.269 e. The number of hydrogen-bond acceptors (Lipinski definition) is 6. The van der Waals surface area contributed by atoms with E-state index in [2.05, 4.69) is 30.2 Å². The third kappa shape index (κ3) is 3.20. The van der Waals surface area contributed by atoms with Crippen LogP contribution < -0.4 is 10.9 Å². The summed E-state index contributed by atoms with van der Waals surface area (Å²) < 4.78 is 32.9. The van der Waals surface area contributed by atoms with Gasteiger partial charge in [-0.3, -0.25) is 9.36 Å². The number of nitrogens with one attached hydrogen (secondary N) is 2. The Hall–Kier alpha value is -4.14. The van der Waals surface area contributed by atoms with Crippen LogP contribution in [-0.2, 0) is 0 Å². The second kappa shape index (κ2) is 7.60. The normalized spacial score (nSPS) is 13.7. The van der Waals surface area contributed by atoms with Crippen LogP contribution in [0.3, 0.4) is 0 Å². The molecule has 8 nitrogen and oxygen atoms in total. The molecule has 3 aromatic heterocycles. The molecule has 0 aliphatic carbocycles. The first-order valence-corrected chi connectivity index (χ1v) is 9.52. The van der Waals surface area contributed by atoms with Crippen LogP contribution >= 0.6 is 0 Å². The molecule has 0 fully saturated rings. The van der Waals surface area contributed by atoms with Gasteiger partial charge in [0.2, 0.25) is 0 Å². The van der Waals surface area contributed by atoms with Crippen LogP contribution in [0.1, 0.15) is 27.9 Å². The summed E-state index contributed by atoms with van der Waals surface area (Å²) in [5, 5.41) is 2.90. The number of H-pyrrole nitrogens is 1. The van der Waals surface area contributed by atoms with Gasteiger partial charge in [0.1, 0.15) is 28.9 Å². The zero-order chi connectivity index (χ0) is 23.2. The summed E-state index contributed by atoms with van der Waals surface area (Å²) in [4.78, 5) is 33.4. The number of para-hydroxylation sites is 1. The fourth-order valence-electron chi connectivity index (χ4n) is 3.50. The number of fused-ring (bicyclic) bond motifs is 2. The van der Waals surface area contributed by atoms with E-state index < -0.39 is 23.8 Å². The third-order valence-electron chi connectivity index (χ3n) is 4.94. The second-order valence-corrected chi connectivity index (χ2v) is 6.77. The van der Waals surface area contributed by atoms with Gasteiger partial charge in [-0.1, -0.05) is 31.2 Å². The van der Waals surface area contributed by atoms with Crippen molar-refractivity contribution in [2.45, 2.75) is 19.3 Å². The molecule has 31 heavy (non-hydrogen) atoms. The summed E-state index contributed by atoms with van der Waals surface area (Å²) in [6.45, 7) is 1.37. The highest BCUT2D eigenvalue weighted by atomic mass is 19.1. The van der Waals surface area contributed by atoms with Crippen molar-refractivity contribution in [1.82, 2.24) is 29.5 Å². The van der Waals surface area contributed by atoms with Crippen LogP contribution in [-0.4, -0.2) is 29.5 Å². The van der Waals surface area contributed by atoms with Crippen molar-refractivity contribution in [3.05, 3.63) is 83.2 Å². The average molecular weight is 417 g/mol. The molecule has 0 aliphatic rings. The van der Waals surface area contributed by atoms with Gasteiger partial charge in [-0.05, 0) is 30.6 Å².